The number of benzene rings is 2. The van der Waals surface area contributed by atoms with Crippen molar-refractivity contribution in [2.45, 2.75) is 52.6 Å². The maximum Gasteiger partial charge on any atom is 0.339 e. The molecule has 0 aliphatic heterocycles. The molecule has 0 saturated heterocycles. The first kappa shape index (κ1) is 22.4. The lowest BCUT2D eigenvalue weighted by Crippen LogP contribution is -2.46. The van der Waals surface area contributed by atoms with Crippen molar-refractivity contribution in [3.63, 3.8) is 0 Å². The molecule has 162 valence electrons. The van der Waals surface area contributed by atoms with Crippen LogP contribution in [0.1, 0.15) is 82.7 Å². The van der Waals surface area contributed by atoms with Crippen LogP contribution in [-0.2, 0) is 9.53 Å². The Balaban J connectivity index is 1.85. The van der Waals surface area contributed by atoms with Crippen molar-refractivity contribution in [2.24, 2.45) is 0 Å². The first-order valence-electron chi connectivity index (χ1n) is 10.6. The van der Waals surface area contributed by atoms with Crippen molar-refractivity contribution in [1.29, 1.82) is 0 Å². The summed E-state index contributed by atoms with van der Waals surface area (Å²) in [5.74, 6) is -1.78. The number of esters is 1. The fourth-order valence-corrected chi connectivity index (χ4v) is 3.91. The molecular formula is C25H27NO5. The van der Waals surface area contributed by atoms with E-state index < -0.39 is 18.4 Å². The highest BCUT2D eigenvalue weighted by Crippen LogP contribution is 2.29. The van der Waals surface area contributed by atoms with E-state index in [9.17, 15) is 19.2 Å². The van der Waals surface area contributed by atoms with Crippen LogP contribution < -0.4 is 0 Å². The smallest absolute Gasteiger partial charge is 0.339 e. The van der Waals surface area contributed by atoms with Gasteiger partial charge in [-0.15, -0.1) is 0 Å². The summed E-state index contributed by atoms with van der Waals surface area (Å²) in [5, 5.41) is 0. The molecule has 0 bridgehead atoms. The second-order valence-electron chi connectivity index (χ2n) is 7.82. The lowest BCUT2D eigenvalue weighted by atomic mass is 9.82. The summed E-state index contributed by atoms with van der Waals surface area (Å²) >= 11 is 0. The molecule has 1 amide bonds. The molecule has 0 saturated carbocycles. The largest absolute Gasteiger partial charge is 0.452 e. The molecule has 0 spiro atoms. The molecule has 2 aromatic rings. The van der Waals surface area contributed by atoms with Gasteiger partial charge in [-0.05, 0) is 32.8 Å². The lowest BCUT2D eigenvalue weighted by molar-refractivity contribution is -0.139. The minimum Gasteiger partial charge on any atom is -0.452 e. The normalized spacial score (nSPS) is 14.3. The summed E-state index contributed by atoms with van der Waals surface area (Å²) in [7, 11) is 0. The number of amides is 1. The minimum absolute atomic E-state index is 0.00298. The van der Waals surface area contributed by atoms with Crippen LogP contribution in [0.25, 0.3) is 0 Å². The van der Waals surface area contributed by atoms with Gasteiger partial charge in [-0.3, -0.25) is 14.4 Å². The minimum atomic E-state index is -0.793. The lowest BCUT2D eigenvalue weighted by Gasteiger charge is -2.33. The Kier molecular flexibility index (Phi) is 6.68. The van der Waals surface area contributed by atoms with Gasteiger partial charge in [-0.25, -0.2) is 4.79 Å². The number of ketones is 2. The standard InChI is InChI=1S/C25H27NO5/c1-5-15(3)26(16(4)6-2)21(27)14-31-25(30)20-13-9-12-19-22(20)24(29)18-11-8-7-10-17(18)23(19)28/h7-13,15-16H,5-6,14H2,1-4H3/t15-,16-/m1/s1. The van der Waals surface area contributed by atoms with E-state index in [1.165, 1.54) is 12.1 Å². The van der Waals surface area contributed by atoms with E-state index in [1.807, 2.05) is 27.7 Å². The van der Waals surface area contributed by atoms with Gasteiger partial charge in [0.05, 0.1) is 5.56 Å². The van der Waals surface area contributed by atoms with Crippen LogP contribution in [0.3, 0.4) is 0 Å². The summed E-state index contributed by atoms with van der Waals surface area (Å²) in [6, 6.07) is 11.1. The number of rotatable bonds is 7. The summed E-state index contributed by atoms with van der Waals surface area (Å²) in [5.41, 5.74) is 0.779. The Labute approximate surface area is 182 Å². The summed E-state index contributed by atoms with van der Waals surface area (Å²) in [6.45, 7) is 7.49. The molecular weight excluding hydrogens is 394 g/mol. The van der Waals surface area contributed by atoms with Crippen LogP contribution in [0.4, 0.5) is 0 Å². The van der Waals surface area contributed by atoms with Crippen LogP contribution in [0.5, 0.6) is 0 Å². The average molecular weight is 421 g/mol. The van der Waals surface area contributed by atoms with E-state index in [1.54, 1.807) is 35.2 Å². The van der Waals surface area contributed by atoms with Crippen molar-refractivity contribution < 1.29 is 23.9 Å². The van der Waals surface area contributed by atoms with Gasteiger partial charge in [0.25, 0.3) is 5.91 Å². The highest BCUT2D eigenvalue weighted by molar-refractivity contribution is 6.30. The van der Waals surface area contributed by atoms with Gasteiger partial charge in [0.1, 0.15) is 0 Å². The number of ether oxygens (including phenoxy) is 1. The maximum absolute atomic E-state index is 13.0. The van der Waals surface area contributed by atoms with Gasteiger partial charge in [0.15, 0.2) is 18.2 Å². The van der Waals surface area contributed by atoms with Gasteiger partial charge in [0.2, 0.25) is 0 Å². The zero-order valence-corrected chi connectivity index (χ0v) is 18.3. The number of nitrogens with zero attached hydrogens (tertiary/aromatic N) is 1. The molecule has 0 N–H and O–H groups in total. The molecule has 2 aromatic carbocycles. The van der Waals surface area contributed by atoms with Gasteiger partial charge in [0, 0.05) is 34.3 Å². The quantitative estimate of drug-likeness (QED) is 0.538. The van der Waals surface area contributed by atoms with Gasteiger partial charge < -0.3 is 9.64 Å². The maximum atomic E-state index is 13.0. The van der Waals surface area contributed by atoms with E-state index in [-0.39, 0.29) is 46.0 Å². The SMILES string of the molecule is CC[C@@H](C)N(C(=O)COC(=O)c1cccc2c1C(=O)c1ccccc1C2=O)[C@H](C)CC. The fourth-order valence-electron chi connectivity index (χ4n) is 3.91. The van der Waals surface area contributed by atoms with E-state index in [0.29, 0.717) is 5.56 Å². The van der Waals surface area contributed by atoms with Crippen molar-refractivity contribution >= 4 is 23.4 Å². The Bertz CT molecular complexity index is 1030. The number of carbonyl (C=O) groups is 4. The van der Waals surface area contributed by atoms with Crippen molar-refractivity contribution in [2.75, 3.05) is 6.61 Å². The molecule has 3 rings (SSSR count). The Morgan fingerprint density at radius 1 is 0.839 bits per heavy atom. The average Bonchev–Trinajstić information content (AvgIpc) is 2.80. The van der Waals surface area contributed by atoms with Crippen LogP contribution in [0.2, 0.25) is 0 Å². The van der Waals surface area contributed by atoms with E-state index in [4.69, 9.17) is 4.74 Å². The van der Waals surface area contributed by atoms with E-state index in [0.717, 1.165) is 12.8 Å². The second-order valence-corrected chi connectivity index (χ2v) is 7.82. The zero-order valence-electron chi connectivity index (χ0n) is 18.3. The molecule has 2 atom stereocenters. The molecule has 31 heavy (non-hydrogen) atoms. The molecule has 0 unspecified atom stereocenters. The van der Waals surface area contributed by atoms with Gasteiger partial charge in [-0.2, -0.15) is 0 Å². The first-order valence-corrected chi connectivity index (χ1v) is 10.6. The summed E-state index contributed by atoms with van der Waals surface area (Å²) in [6.07, 6.45) is 1.57. The third-order valence-corrected chi connectivity index (χ3v) is 5.92. The third-order valence-electron chi connectivity index (χ3n) is 5.92. The van der Waals surface area contributed by atoms with Crippen molar-refractivity contribution in [3.8, 4) is 0 Å². The van der Waals surface area contributed by atoms with Crippen LogP contribution in [0, 0.1) is 0 Å². The first-order chi connectivity index (χ1) is 14.8. The predicted octanol–water partition coefficient (Wildman–Crippen LogP) is 4.04. The molecule has 0 fully saturated rings. The third kappa shape index (κ3) is 4.15. The van der Waals surface area contributed by atoms with Gasteiger partial charge in [-0.1, -0.05) is 50.2 Å². The molecule has 0 heterocycles. The molecule has 0 radical (unpaired) electrons. The second kappa shape index (κ2) is 9.25. The van der Waals surface area contributed by atoms with Crippen LogP contribution in [0.15, 0.2) is 42.5 Å². The predicted molar refractivity (Wildman–Crippen MR) is 116 cm³/mol. The number of fused-ring (bicyclic) bond motifs is 2. The molecule has 0 aromatic heterocycles. The fraction of sp³-hybridized carbons (Fsp3) is 0.360. The van der Waals surface area contributed by atoms with E-state index in [2.05, 4.69) is 0 Å². The van der Waals surface area contributed by atoms with Gasteiger partial charge >= 0.3 is 5.97 Å². The Hall–Kier alpha value is -3.28. The number of hydrogen-bond donors (Lipinski definition) is 0. The number of carbonyl (C=O) groups excluding carboxylic acids is 4. The highest BCUT2D eigenvalue weighted by atomic mass is 16.5. The zero-order chi connectivity index (χ0) is 22.7. The van der Waals surface area contributed by atoms with Crippen molar-refractivity contribution in [3.05, 3.63) is 70.3 Å². The number of hydrogen-bond acceptors (Lipinski definition) is 5. The highest BCUT2D eigenvalue weighted by Gasteiger charge is 2.33. The Morgan fingerprint density at radius 2 is 1.39 bits per heavy atom. The Morgan fingerprint density at radius 3 is 1.97 bits per heavy atom. The summed E-state index contributed by atoms with van der Waals surface area (Å²) < 4.78 is 5.30. The topological polar surface area (TPSA) is 80.8 Å². The molecule has 1 aliphatic carbocycles. The summed E-state index contributed by atoms with van der Waals surface area (Å²) in [4.78, 5) is 53.2. The van der Waals surface area contributed by atoms with Crippen molar-refractivity contribution in [1.82, 2.24) is 4.90 Å². The monoisotopic (exact) mass is 421 g/mol. The van der Waals surface area contributed by atoms with Crippen LogP contribution >= 0.6 is 0 Å². The molecule has 1 aliphatic rings. The molecule has 6 heteroatoms. The molecule has 6 nitrogen and oxygen atoms in total. The van der Waals surface area contributed by atoms with E-state index >= 15 is 0 Å². The van der Waals surface area contributed by atoms with Crippen LogP contribution in [-0.4, -0.2) is 47.0 Å².